The summed E-state index contributed by atoms with van der Waals surface area (Å²) in [5.74, 6) is -1.41. The van der Waals surface area contributed by atoms with Gasteiger partial charge in [-0.15, -0.1) is 0 Å². The van der Waals surface area contributed by atoms with Crippen molar-refractivity contribution < 1.29 is 9.18 Å². The minimum atomic E-state index is -0.788. The summed E-state index contributed by atoms with van der Waals surface area (Å²) in [7, 11) is 0. The lowest BCUT2D eigenvalue weighted by molar-refractivity contribution is 0.102. The average Bonchev–Trinajstić information content (AvgIpc) is 2.63. The van der Waals surface area contributed by atoms with E-state index in [2.05, 4.69) is 10.3 Å². The number of hydrogen-bond acceptors (Lipinski definition) is 3. The van der Waals surface area contributed by atoms with Crippen molar-refractivity contribution in [1.29, 1.82) is 0 Å². The Kier molecular flexibility index (Phi) is 5.43. The molecule has 1 aromatic heterocycles. The van der Waals surface area contributed by atoms with Gasteiger partial charge in [0.15, 0.2) is 0 Å². The number of carbonyl (C=O) groups excluding carboxylic acids is 1. The molecular weight excluding hydrogens is 396 g/mol. The Morgan fingerprint density at radius 2 is 1.85 bits per heavy atom. The molecule has 3 rings (SSSR count). The molecule has 1 heterocycles. The van der Waals surface area contributed by atoms with Crippen LogP contribution in [0.3, 0.4) is 0 Å². The van der Waals surface area contributed by atoms with Gasteiger partial charge >= 0.3 is 5.69 Å². The van der Waals surface area contributed by atoms with Crippen molar-refractivity contribution in [3.8, 4) is 0 Å². The lowest BCUT2D eigenvalue weighted by Crippen LogP contribution is -2.39. The monoisotopic (exact) mass is 407 g/mol. The molecule has 27 heavy (non-hydrogen) atoms. The Balaban J connectivity index is 1.93. The highest BCUT2D eigenvalue weighted by Gasteiger charge is 2.16. The maximum atomic E-state index is 13.2. The number of nitrogens with one attached hydrogen (secondary N) is 2. The van der Waals surface area contributed by atoms with Crippen molar-refractivity contribution in [2.75, 3.05) is 5.32 Å². The van der Waals surface area contributed by atoms with E-state index in [9.17, 15) is 18.8 Å². The van der Waals surface area contributed by atoms with Crippen molar-refractivity contribution in [2.45, 2.75) is 6.54 Å². The first-order valence-corrected chi connectivity index (χ1v) is 8.44. The van der Waals surface area contributed by atoms with Crippen molar-refractivity contribution in [1.82, 2.24) is 9.55 Å². The molecule has 2 aromatic carbocycles. The molecule has 6 nitrogen and oxygen atoms in total. The average molecular weight is 408 g/mol. The second kappa shape index (κ2) is 7.77. The standard InChI is InChI=1S/C18H12Cl2FN3O3/c19-13-4-2-1-3-10(13)9-24-17(26)12(8-22-18(24)27)16(25)23-11-5-6-15(21)14(20)7-11/h1-8H,9H2,(H,22,27)(H,23,25). The van der Waals surface area contributed by atoms with E-state index in [-0.39, 0.29) is 22.8 Å². The number of H-pyrrole nitrogens is 1. The number of halogens is 3. The SMILES string of the molecule is O=C(Nc1ccc(F)c(Cl)c1)c1c[nH]c(=O)n(Cc2ccccc2Cl)c1=O. The molecule has 1 amide bonds. The van der Waals surface area contributed by atoms with Crippen LogP contribution in [-0.2, 0) is 6.54 Å². The van der Waals surface area contributed by atoms with Gasteiger partial charge in [0.05, 0.1) is 11.6 Å². The van der Waals surface area contributed by atoms with Gasteiger partial charge in [-0.3, -0.25) is 14.2 Å². The number of amides is 1. The van der Waals surface area contributed by atoms with Crippen molar-refractivity contribution in [2.24, 2.45) is 0 Å². The molecule has 0 unspecified atom stereocenters. The Bertz CT molecular complexity index is 1140. The van der Waals surface area contributed by atoms with Crippen molar-refractivity contribution in [3.05, 3.63) is 96.5 Å². The van der Waals surface area contributed by atoms with E-state index in [1.165, 1.54) is 12.1 Å². The summed E-state index contributed by atoms with van der Waals surface area (Å²) in [6.45, 7) is -0.0999. The minimum Gasteiger partial charge on any atom is -0.322 e. The van der Waals surface area contributed by atoms with Crippen LogP contribution < -0.4 is 16.6 Å². The van der Waals surface area contributed by atoms with Crippen LogP contribution in [0.15, 0.2) is 58.3 Å². The largest absolute Gasteiger partial charge is 0.328 e. The van der Waals surface area contributed by atoms with E-state index in [1.807, 2.05) is 0 Å². The Morgan fingerprint density at radius 3 is 2.56 bits per heavy atom. The fraction of sp³-hybridized carbons (Fsp3) is 0.0556. The van der Waals surface area contributed by atoms with E-state index >= 15 is 0 Å². The molecule has 0 aliphatic carbocycles. The van der Waals surface area contributed by atoms with E-state index in [0.717, 1.165) is 16.8 Å². The summed E-state index contributed by atoms with van der Waals surface area (Å²) in [6.07, 6.45) is 1.02. The van der Waals surface area contributed by atoms with Gasteiger partial charge in [-0.05, 0) is 29.8 Å². The zero-order chi connectivity index (χ0) is 19.6. The van der Waals surface area contributed by atoms with Gasteiger partial charge < -0.3 is 10.3 Å². The number of nitrogens with zero attached hydrogens (tertiary/aromatic N) is 1. The number of rotatable bonds is 4. The summed E-state index contributed by atoms with van der Waals surface area (Å²) >= 11 is 11.7. The zero-order valence-electron chi connectivity index (χ0n) is 13.6. The Hall–Kier alpha value is -2.90. The van der Waals surface area contributed by atoms with E-state index in [4.69, 9.17) is 23.2 Å². The van der Waals surface area contributed by atoms with Crippen molar-refractivity contribution >= 4 is 34.8 Å². The number of carbonyl (C=O) groups is 1. The molecule has 0 saturated heterocycles. The first-order valence-electron chi connectivity index (χ1n) is 7.69. The lowest BCUT2D eigenvalue weighted by Gasteiger charge is -2.09. The molecule has 0 radical (unpaired) electrons. The fourth-order valence-corrected chi connectivity index (χ4v) is 2.76. The summed E-state index contributed by atoms with van der Waals surface area (Å²) < 4.78 is 14.1. The van der Waals surface area contributed by atoms with Crippen LogP contribution in [-0.4, -0.2) is 15.5 Å². The molecular formula is C18H12Cl2FN3O3. The molecule has 0 aliphatic rings. The third-order valence-corrected chi connectivity index (χ3v) is 4.43. The van der Waals surface area contributed by atoms with Crippen LogP contribution in [0.5, 0.6) is 0 Å². The predicted molar refractivity (Wildman–Crippen MR) is 101 cm³/mol. The van der Waals surface area contributed by atoms with Gasteiger partial charge in [0.2, 0.25) is 0 Å². The normalized spacial score (nSPS) is 10.6. The summed E-state index contributed by atoms with van der Waals surface area (Å²) in [5.41, 5.74) is -1.00. The van der Waals surface area contributed by atoms with Gasteiger partial charge in [0.1, 0.15) is 11.4 Å². The molecule has 0 bridgehead atoms. The summed E-state index contributed by atoms with van der Waals surface area (Å²) in [5, 5.41) is 2.65. The van der Waals surface area contributed by atoms with E-state index < -0.39 is 23.0 Å². The van der Waals surface area contributed by atoms with E-state index in [0.29, 0.717) is 10.6 Å². The highest BCUT2D eigenvalue weighted by molar-refractivity contribution is 6.31. The van der Waals surface area contributed by atoms with E-state index in [1.54, 1.807) is 24.3 Å². The molecule has 0 spiro atoms. The maximum Gasteiger partial charge on any atom is 0.328 e. The smallest absolute Gasteiger partial charge is 0.322 e. The first kappa shape index (κ1) is 18.9. The van der Waals surface area contributed by atoms with Gasteiger partial charge in [-0.1, -0.05) is 41.4 Å². The highest BCUT2D eigenvalue weighted by atomic mass is 35.5. The third-order valence-electron chi connectivity index (χ3n) is 3.77. The topological polar surface area (TPSA) is 84.0 Å². The fourth-order valence-electron chi connectivity index (χ4n) is 2.39. The number of aromatic nitrogens is 2. The molecule has 138 valence electrons. The van der Waals surface area contributed by atoms with Crippen LogP contribution in [0.4, 0.5) is 10.1 Å². The Morgan fingerprint density at radius 1 is 1.11 bits per heavy atom. The number of anilines is 1. The lowest BCUT2D eigenvalue weighted by atomic mass is 10.2. The minimum absolute atomic E-state index is 0.0999. The highest BCUT2D eigenvalue weighted by Crippen LogP contribution is 2.19. The zero-order valence-corrected chi connectivity index (χ0v) is 15.1. The Labute approximate surface area is 162 Å². The molecule has 0 saturated carbocycles. The number of benzene rings is 2. The quantitative estimate of drug-likeness (QED) is 0.695. The molecule has 2 N–H and O–H groups in total. The van der Waals surface area contributed by atoms with Crippen LogP contribution >= 0.6 is 23.2 Å². The molecule has 9 heteroatoms. The van der Waals surface area contributed by atoms with Gasteiger partial charge in [-0.25, -0.2) is 9.18 Å². The number of aromatic amines is 1. The maximum absolute atomic E-state index is 13.2. The van der Waals surface area contributed by atoms with Crippen LogP contribution in [0.1, 0.15) is 15.9 Å². The molecule has 0 fully saturated rings. The molecule has 0 atom stereocenters. The number of hydrogen-bond donors (Lipinski definition) is 2. The van der Waals surface area contributed by atoms with Crippen LogP contribution in [0, 0.1) is 5.82 Å². The van der Waals surface area contributed by atoms with Gasteiger partial charge in [0, 0.05) is 16.9 Å². The summed E-state index contributed by atoms with van der Waals surface area (Å²) in [6, 6.07) is 10.3. The second-order valence-electron chi connectivity index (χ2n) is 5.57. The van der Waals surface area contributed by atoms with Gasteiger partial charge in [-0.2, -0.15) is 0 Å². The second-order valence-corrected chi connectivity index (χ2v) is 6.39. The summed E-state index contributed by atoms with van der Waals surface area (Å²) in [4.78, 5) is 39.4. The van der Waals surface area contributed by atoms with Crippen molar-refractivity contribution in [3.63, 3.8) is 0 Å². The van der Waals surface area contributed by atoms with Crippen LogP contribution in [0.25, 0.3) is 0 Å². The first-order chi connectivity index (χ1) is 12.9. The van der Waals surface area contributed by atoms with Gasteiger partial charge in [0.25, 0.3) is 11.5 Å². The molecule has 0 aliphatic heterocycles. The molecule has 3 aromatic rings. The third kappa shape index (κ3) is 4.10. The predicted octanol–water partition coefficient (Wildman–Crippen LogP) is 3.28. The van der Waals surface area contributed by atoms with Crippen LogP contribution in [0.2, 0.25) is 10.0 Å².